The zero-order chi connectivity index (χ0) is 29.1. The van der Waals surface area contributed by atoms with Gasteiger partial charge in [0, 0.05) is 49.3 Å². The van der Waals surface area contributed by atoms with Gasteiger partial charge in [-0.3, -0.25) is 9.69 Å². The molecule has 0 saturated carbocycles. The summed E-state index contributed by atoms with van der Waals surface area (Å²) in [5, 5.41) is 11.6. The van der Waals surface area contributed by atoms with Crippen LogP contribution in [0.3, 0.4) is 0 Å². The standard InChI is InChI=1S/C35H41N3O3/c1-24-18-28(10-13-32(24)41-5)27-8-6-25(7-9-27)22-38(33(40)20-35(2,3)4)34-31-12-11-30(19-29(31)14-16-36-34)37-17-15-26(21-37)23-39/h6-14,16,18-19,26,39H,15,17,20-23H2,1-5H3. The number of rotatable bonds is 8. The van der Waals surface area contributed by atoms with Gasteiger partial charge < -0.3 is 14.7 Å². The van der Waals surface area contributed by atoms with E-state index in [9.17, 15) is 9.90 Å². The number of aromatic nitrogens is 1. The molecule has 1 amide bonds. The number of hydrogen-bond donors (Lipinski definition) is 1. The van der Waals surface area contributed by atoms with Gasteiger partial charge in [0.05, 0.1) is 13.7 Å². The van der Waals surface area contributed by atoms with Crippen molar-refractivity contribution in [1.29, 1.82) is 0 Å². The Morgan fingerprint density at radius 3 is 2.46 bits per heavy atom. The summed E-state index contributed by atoms with van der Waals surface area (Å²) in [5.74, 6) is 1.95. The number of fused-ring (bicyclic) bond motifs is 1. The van der Waals surface area contributed by atoms with Gasteiger partial charge in [-0.15, -0.1) is 0 Å². The molecule has 5 rings (SSSR count). The zero-order valence-corrected chi connectivity index (χ0v) is 24.9. The number of hydrogen-bond acceptors (Lipinski definition) is 5. The Kier molecular flexibility index (Phi) is 8.32. The zero-order valence-electron chi connectivity index (χ0n) is 24.9. The Labute approximate surface area is 243 Å². The van der Waals surface area contributed by atoms with Gasteiger partial charge in [-0.25, -0.2) is 4.98 Å². The molecule has 0 aliphatic carbocycles. The lowest BCUT2D eigenvalue weighted by Crippen LogP contribution is -2.34. The van der Waals surface area contributed by atoms with Crippen LogP contribution in [0.4, 0.5) is 11.5 Å². The van der Waals surface area contributed by atoms with E-state index in [1.807, 2.05) is 24.0 Å². The van der Waals surface area contributed by atoms with Crippen molar-refractivity contribution in [3.63, 3.8) is 0 Å². The van der Waals surface area contributed by atoms with Crippen molar-refractivity contribution in [3.05, 3.63) is 84.1 Å². The van der Waals surface area contributed by atoms with Crippen LogP contribution in [-0.4, -0.2) is 42.8 Å². The highest BCUT2D eigenvalue weighted by Gasteiger charge is 2.26. The largest absolute Gasteiger partial charge is 0.496 e. The number of methoxy groups -OCH3 is 1. The minimum Gasteiger partial charge on any atom is -0.496 e. The highest BCUT2D eigenvalue weighted by atomic mass is 16.5. The minimum atomic E-state index is -0.151. The quantitative estimate of drug-likeness (QED) is 0.255. The fourth-order valence-corrected chi connectivity index (χ4v) is 5.65. The molecule has 1 saturated heterocycles. The van der Waals surface area contributed by atoms with E-state index in [2.05, 4.69) is 80.3 Å². The van der Waals surface area contributed by atoms with E-state index in [1.54, 1.807) is 13.3 Å². The van der Waals surface area contributed by atoms with Crippen LogP contribution in [0.25, 0.3) is 21.9 Å². The van der Waals surface area contributed by atoms with Crippen molar-refractivity contribution in [2.24, 2.45) is 11.3 Å². The molecule has 1 atom stereocenters. The summed E-state index contributed by atoms with van der Waals surface area (Å²) in [6.45, 7) is 10.8. The number of aliphatic hydroxyl groups is 1. The van der Waals surface area contributed by atoms with Crippen LogP contribution in [0.2, 0.25) is 0 Å². The molecule has 1 aliphatic heterocycles. The number of carbonyl (C=O) groups excluding carboxylic acids is 1. The Bertz CT molecular complexity index is 1520. The van der Waals surface area contributed by atoms with Crippen LogP contribution in [0.1, 0.15) is 44.7 Å². The SMILES string of the molecule is COc1ccc(-c2ccc(CN(C(=O)CC(C)(C)C)c3nccc4cc(N5CCC(CO)C5)ccc34)cc2)cc1C. The maximum absolute atomic E-state index is 13.8. The minimum absolute atomic E-state index is 0.0572. The predicted molar refractivity (Wildman–Crippen MR) is 168 cm³/mol. The summed E-state index contributed by atoms with van der Waals surface area (Å²) in [7, 11) is 1.69. The molecule has 0 radical (unpaired) electrons. The second-order valence-corrected chi connectivity index (χ2v) is 12.4. The molecule has 3 aromatic carbocycles. The molecule has 2 heterocycles. The Morgan fingerprint density at radius 1 is 1.05 bits per heavy atom. The number of ether oxygens (including phenoxy) is 1. The van der Waals surface area contributed by atoms with Crippen molar-refractivity contribution < 1.29 is 14.6 Å². The van der Waals surface area contributed by atoms with E-state index in [1.165, 1.54) is 0 Å². The Balaban J connectivity index is 1.45. The van der Waals surface area contributed by atoms with E-state index in [-0.39, 0.29) is 17.9 Å². The summed E-state index contributed by atoms with van der Waals surface area (Å²) < 4.78 is 5.41. The first-order valence-electron chi connectivity index (χ1n) is 14.4. The van der Waals surface area contributed by atoms with Gasteiger partial charge in [-0.1, -0.05) is 51.1 Å². The van der Waals surface area contributed by atoms with E-state index >= 15 is 0 Å². The first kappa shape index (κ1) is 28.6. The van der Waals surface area contributed by atoms with E-state index in [0.717, 1.165) is 64.0 Å². The first-order chi connectivity index (χ1) is 19.6. The van der Waals surface area contributed by atoms with Gasteiger partial charge in [-0.2, -0.15) is 0 Å². The number of aliphatic hydroxyl groups excluding tert-OH is 1. The fourth-order valence-electron chi connectivity index (χ4n) is 5.65. The average molecular weight is 552 g/mol. The van der Waals surface area contributed by atoms with Gasteiger partial charge in [0.1, 0.15) is 11.6 Å². The maximum atomic E-state index is 13.8. The number of carbonyl (C=O) groups is 1. The van der Waals surface area contributed by atoms with Gasteiger partial charge in [0.2, 0.25) is 5.91 Å². The second kappa shape index (κ2) is 11.9. The Hall–Kier alpha value is -3.90. The third-order valence-corrected chi connectivity index (χ3v) is 7.90. The maximum Gasteiger partial charge on any atom is 0.229 e. The smallest absolute Gasteiger partial charge is 0.229 e. The fraction of sp³-hybridized carbons (Fsp3) is 0.371. The number of benzene rings is 3. The van der Waals surface area contributed by atoms with E-state index in [0.29, 0.717) is 24.7 Å². The molecule has 1 unspecified atom stereocenters. The molecule has 6 heteroatoms. The summed E-state index contributed by atoms with van der Waals surface area (Å²) in [6, 6.07) is 23.0. The van der Waals surface area contributed by atoms with Crippen molar-refractivity contribution >= 4 is 28.2 Å². The third-order valence-electron chi connectivity index (χ3n) is 7.90. The predicted octanol–water partition coefficient (Wildman–Crippen LogP) is 7.01. The summed E-state index contributed by atoms with van der Waals surface area (Å²) in [5.41, 5.74) is 5.38. The molecule has 6 nitrogen and oxygen atoms in total. The van der Waals surface area contributed by atoms with Crippen LogP contribution in [0.5, 0.6) is 5.75 Å². The Morgan fingerprint density at radius 2 is 1.80 bits per heavy atom. The monoisotopic (exact) mass is 551 g/mol. The van der Waals surface area contributed by atoms with Crippen LogP contribution in [0.15, 0.2) is 72.9 Å². The van der Waals surface area contributed by atoms with Crippen LogP contribution in [-0.2, 0) is 11.3 Å². The number of pyridine rings is 1. The molecule has 1 aliphatic rings. The molecule has 4 aromatic rings. The number of amides is 1. The lowest BCUT2D eigenvalue weighted by Gasteiger charge is -2.27. The molecular formula is C35H41N3O3. The van der Waals surface area contributed by atoms with Gasteiger partial charge in [0.15, 0.2) is 0 Å². The molecule has 1 N–H and O–H groups in total. The van der Waals surface area contributed by atoms with Crippen molar-refractivity contribution in [3.8, 4) is 16.9 Å². The molecule has 0 bridgehead atoms. The van der Waals surface area contributed by atoms with Crippen molar-refractivity contribution in [2.45, 2.75) is 47.1 Å². The van der Waals surface area contributed by atoms with Crippen molar-refractivity contribution in [2.75, 3.05) is 36.6 Å². The summed E-state index contributed by atoms with van der Waals surface area (Å²) in [4.78, 5) is 22.7. The van der Waals surface area contributed by atoms with Crippen LogP contribution in [0, 0.1) is 18.3 Å². The van der Waals surface area contributed by atoms with Gasteiger partial charge >= 0.3 is 0 Å². The highest BCUT2D eigenvalue weighted by molar-refractivity contribution is 6.03. The summed E-state index contributed by atoms with van der Waals surface area (Å²) in [6.07, 6.45) is 3.22. The van der Waals surface area contributed by atoms with Crippen molar-refractivity contribution in [1.82, 2.24) is 4.98 Å². The molecular weight excluding hydrogens is 510 g/mol. The molecule has 1 aromatic heterocycles. The lowest BCUT2D eigenvalue weighted by molar-refractivity contribution is -0.120. The molecule has 0 spiro atoms. The third kappa shape index (κ3) is 6.54. The van der Waals surface area contributed by atoms with Gasteiger partial charge in [0.25, 0.3) is 0 Å². The average Bonchev–Trinajstić information content (AvgIpc) is 3.44. The number of aryl methyl sites for hydroxylation is 1. The van der Waals surface area contributed by atoms with Crippen LogP contribution < -0.4 is 14.5 Å². The van der Waals surface area contributed by atoms with Crippen LogP contribution >= 0.6 is 0 Å². The molecule has 1 fully saturated rings. The second-order valence-electron chi connectivity index (χ2n) is 12.4. The topological polar surface area (TPSA) is 65.9 Å². The summed E-state index contributed by atoms with van der Waals surface area (Å²) >= 11 is 0. The first-order valence-corrected chi connectivity index (χ1v) is 14.4. The number of nitrogens with zero attached hydrogens (tertiary/aromatic N) is 3. The van der Waals surface area contributed by atoms with E-state index in [4.69, 9.17) is 9.72 Å². The van der Waals surface area contributed by atoms with Gasteiger partial charge in [-0.05, 0) is 82.8 Å². The number of anilines is 2. The van der Waals surface area contributed by atoms with E-state index < -0.39 is 0 Å². The lowest BCUT2D eigenvalue weighted by atomic mass is 9.91. The highest BCUT2D eigenvalue weighted by Crippen LogP contribution is 2.33. The normalized spacial score (nSPS) is 15.4. The molecule has 41 heavy (non-hydrogen) atoms. The molecule has 214 valence electrons.